The third-order valence-corrected chi connectivity index (χ3v) is 6.69. The lowest BCUT2D eigenvalue weighted by Crippen LogP contribution is -2.31. The van der Waals surface area contributed by atoms with Crippen molar-refractivity contribution >= 4 is 23.0 Å². The van der Waals surface area contributed by atoms with Gasteiger partial charge in [0.25, 0.3) is 0 Å². The van der Waals surface area contributed by atoms with E-state index in [1.54, 1.807) is 6.07 Å². The Bertz CT molecular complexity index is 1130. The number of hydrogen-bond acceptors (Lipinski definition) is 5. The fourth-order valence-electron chi connectivity index (χ4n) is 4.98. The third kappa shape index (κ3) is 3.52. The van der Waals surface area contributed by atoms with Gasteiger partial charge < -0.3 is 20.3 Å². The van der Waals surface area contributed by atoms with Crippen LogP contribution in [0.5, 0.6) is 0 Å². The van der Waals surface area contributed by atoms with E-state index in [0.717, 1.165) is 52.0 Å². The van der Waals surface area contributed by atoms with E-state index in [9.17, 15) is 4.79 Å². The number of anilines is 3. The first-order valence-corrected chi connectivity index (χ1v) is 11.5. The highest BCUT2D eigenvalue weighted by molar-refractivity contribution is 5.98. The lowest BCUT2D eigenvalue weighted by atomic mass is 9.75. The molecule has 172 valence electrons. The molecule has 0 spiro atoms. The van der Waals surface area contributed by atoms with Crippen molar-refractivity contribution in [2.24, 2.45) is 0 Å². The summed E-state index contributed by atoms with van der Waals surface area (Å²) in [5.74, 6) is -0.331. The molecule has 0 bridgehead atoms. The molecule has 3 aromatic rings. The molecule has 1 aliphatic heterocycles. The summed E-state index contributed by atoms with van der Waals surface area (Å²) >= 11 is 0. The van der Waals surface area contributed by atoms with Crippen LogP contribution in [0.15, 0.2) is 54.6 Å². The number of esters is 1. The van der Waals surface area contributed by atoms with Crippen molar-refractivity contribution in [3.05, 3.63) is 88.0 Å². The number of carbonyl (C=O) groups excluding carboxylic acids is 1. The fraction of sp³-hybridized carbons (Fsp3) is 0.321. The number of hydrogen-bond donors (Lipinski definition) is 1. The molecule has 0 saturated carbocycles. The van der Waals surface area contributed by atoms with Crippen LogP contribution < -0.4 is 15.5 Å². The van der Waals surface area contributed by atoms with Gasteiger partial charge in [0.05, 0.1) is 5.56 Å². The Morgan fingerprint density at radius 2 is 1.24 bits per heavy atom. The van der Waals surface area contributed by atoms with Crippen molar-refractivity contribution in [2.75, 3.05) is 43.7 Å². The molecule has 1 heterocycles. The van der Waals surface area contributed by atoms with Crippen LogP contribution in [0.4, 0.5) is 17.1 Å². The summed E-state index contributed by atoms with van der Waals surface area (Å²) in [4.78, 5) is 17.4. The molecule has 33 heavy (non-hydrogen) atoms. The first-order chi connectivity index (χ1) is 15.7. The van der Waals surface area contributed by atoms with E-state index in [2.05, 4.69) is 72.2 Å². The summed E-state index contributed by atoms with van der Waals surface area (Å²) in [6, 6.07) is 18.4. The Hall–Kier alpha value is -3.47. The first-order valence-electron chi connectivity index (χ1n) is 11.5. The molecule has 2 N–H and O–H groups in total. The molecule has 5 heteroatoms. The Balaban J connectivity index is 2.07. The molecule has 0 atom stereocenters. The molecular formula is C28H33N3O2. The molecule has 0 aromatic heterocycles. The lowest BCUT2D eigenvalue weighted by molar-refractivity contribution is 0.0250. The van der Waals surface area contributed by atoms with Crippen LogP contribution in [0, 0.1) is 0 Å². The second-order valence-electron chi connectivity index (χ2n) is 9.01. The summed E-state index contributed by atoms with van der Waals surface area (Å²) in [5, 5.41) is 0. The topological polar surface area (TPSA) is 58.8 Å². The molecule has 4 rings (SSSR count). The quantitative estimate of drug-likeness (QED) is 0.430. The monoisotopic (exact) mass is 443 g/mol. The van der Waals surface area contributed by atoms with Crippen molar-refractivity contribution in [3.8, 4) is 0 Å². The molecule has 0 amide bonds. The predicted molar refractivity (Wildman–Crippen MR) is 136 cm³/mol. The maximum absolute atomic E-state index is 13.3. The van der Waals surface area contributed by atoms with Crippen molar-refractivity contribution in [1.82, 2.24) is 0 Å². The van der Waals surface area contributed by atoms with Crippen LogP contribution in [0.1, 0.15) is 52.0 Å². The Morgan fingerprint density at radius 1 is 0.788 bits per heavy atom. The minimum Gasteiger partial charge on any atom is -0.441 e. The van der Waals surface area contributed by atoms with Gasteiger partial charge >= 0.3 is 5.97 Å². The van der Waals surface area contributed by atoms with Crippen LogP contribution in [-0.2, 0) is 23.2 Å². The van der Waals surface area contributed by atoms with Crippen LogP contribution in [0.3, 0.4) is 0 Å². The van der Waals surface area contributed by atoms with E-state index < -0.39 is 5.60 Å². The van der Waals surface area contributed by atoms with Crippen molar-refractivity contribution in [1.29, 1.82) is 0 Å². The summed E-state index contributed by atoms with van der Waals surface area (Å²) in [7, 11) is 8.06. The van der Waals surface area contributed by atoms with E-state index in [1.807, 2.05) is 28.2 Å². The minimum atomic E-state index is -1.02. The maximum Gasteiger partial charge on any atom is 0.340 e. The van der Waals surface area contributed by atoms with Gasteiger partial charge in [-0.15, -0.1) is 0 Å². The second-order valence-corrected chi connectivity index (χ2v) is 9.01. The van der Waals surface area contributed by atoms with E-state index in [-0.39, 0.29) is 5.97 Å². The number of nitrogens with zero attached hydrogens (tertiary/aromatic N) is 2. The number of nitrogen functional groups attached to an aromatic ring is 1. The molecular weight excluding hydrogens is 410 g/mol. The number of carbonyl (C=O) groups is 1. The Kier molecular flexibility index (Phi) is 5.83. The van der Waals surface area contributed by atoms with Crippen molar-refractivity contribution < 1.29 is 9.53 Å². The smallest absolute Gasteiger partial charge is 0.340 e. The zero-order chi connectivity index (χ0) is 23.9. The Labute approximate surface area is 196 Å². The van der Waals surface area contributed by atoms with Gasteiger partial charge in [-0.2, -0.15) is 0 Å². The average Bonchev–Trinajstić information content (AvgIpc) is 3.11. The highest BCUT2D eigenvalue weighted by Gasteiger charge is 2.50. The van der Waals surface area contributed by atoms with E-state index >= 15 is 0 Å². The van der Waals surface area contributed by atoms with Gasteiger partial charge in [0.2, 0.25) is 0 Å². The van der Waals surface area contributed by atoms with E-state index in [0.29, 0.717) is 11.3 Å². The normalized spacial score (nSPS) is 14.1. The standard InChI is InChI=1S/C28H33N3O2/c1-7-22-23(8-2)26-24(17-25(22)29)27(32)33-28(26,18-9-13-20(14-10-18)30(3)4)19-11-15-21(16-12-19)31(5)6/h9-17H,7-8,29H2,1-6H3. The maximum atomic E-state index is 13.3. The van der Waals surface area contributed by atoms with Gasteiger partial charge in [-0.3, -0.25) is 0 Å². The molecule has 0 aliphatic carbocycles. The van der Waals surface area contributed by atoms with Gasteiger partial charge in [-0.05, 0) is 54.3 Å². The lowest BCUT2D eigenvalue weighted by Gasteiger charge is -2.33. The van der Waals surface area contributed by atoms with E-state index in [1.165, 1.54) is 0 Å². The molecule has 0 radical (unpaired) electrons. The van der Waals surface area contributed by atoms with Crippen LogP contribution in [-0.4, -0.2) is 34.2 Å². The number of rotatable bonds is 6. The Morgan fingerprint density at radius 3 is 1.64 bits per heavy atom. The van der Waals surface area contributed by atoms with Gasteiger partial charge in [0.1, 0.15) is 0 Å². The molecule has 0 unspecified atom stereocenters. The first kappa shape index (κ1) is 22.7. The van der Waals surface area contributed by atoms with Crippen molar-refractivity contribution in [3.63, 3.8) is 0 Å². The molecule has 5 nitrogen and oxygen atoms in total. The van der Waals surface area contributed by atoms with Gasteiger partial charge in [-0.1, -0.05) is 38.1 Å². The highest BCUT2D eigenvalue weighted by Crippen LogP contribution is 2.50. The van der Waals surface area contributed by atoms with Crippen LogP contribution in [0.25, 0.3) is 0 Å². The van der Waals surface area contributed by atoms with Crippen LogP contribution >= 0.6 is 0 Å². The number of cyclic esters (lactones) is 1. The van der Waals surface area contributed by atoms with Crippen molar-refractivity contribution in [2.45, 2.75) is 32.3 Å². The van der Waals surface area contributed by atoms with E-state index in [4.69, 9.17) is 10.5 Å². The number of nitrogens with two attached hydrogens (primary N) is 1. The molecule has 0 fully saturated rings. The van der Waals surface area contributed by atoms with Gasteiger partial charge in [-0.25, -0.2) is 4.79 Å². The predicted octanol–water partition coefficient (Wildman–Crippen LogP) is 4.99. The largest absolute Gasteiger partial charge is 0.441 e. The molecule has 1 aliphatic rings. The minimum absolute atomic E-state index is 0.331. The summed E-state index contributed by atoms with van der Waals surface area (Å²) < 4.78 is 6.37. The SMILES string of the molecule is CCc1c(N)cc2c(c1CC)C(c1ccc(N(C)C)cc1)(c1ccc(N(C)C)cc1)OC2=O. The molecule has 0 saturated heterocycles. The van der Waals surface area contributed by atoms with Gasteiger partial charge in [0, 0.05) is 61.9 Å². The summed E-state index contributed by atoms with van der Waals surface area (Å²) in [5.41, 5.74) is 13.8. The summed E-state index contributed by atoms with van der Waals surface area (Å²) in [6.07, 6.45) is 1.56. The van der Waals surface area contributed by atoms with Crippen LogP contribution in [0.2, 0.25) is 0 Å². The molecule has 3 aromatic carbocycles. The number of fused-ring (bicyclic) bond motifs is 1. The van der Waals surface area contributed by atoms with Gasteiger partial charge in [0.15, 0.2) is 5.60 Å². The average molecular weight is 444 g/mol. The fourth-order valence-corrected chi connectivity index (χ4v) is 4.98. The summed E-state index contributed by atoms with van der Waals surface area (Å²) in [6.45, 7) is 4.22. The number of benzene rings is 3. The zero-order valence-corrected chi connectivity index (χ0v) is 20.4. The second kappa shape index (κ2) is 8.47. The number of ether oxygens (including phenoxy) is 1. The highest BCUT2D eigenvalue weighted by atomic mass is 16.6. The zero-order valence-electron chi connectivity index (χ0n) is 20.4. The third-order valence-electron chi connectivity index (χ3n) is 6.69.